The van der Waals surface area contributed by atoms with Crippen LogP contribution in [0.4, 0.5) is 20.3 Å². The number of carbonyl (C=O) groups excluding carboxylic acids is 1. The fraction of sp³-hybridized carbons (Fsp3) is 0.323. The van der Waals surface area contributed by atoms with Gasteiger partial charge in [-0.2, -0.15) is 4.39 Å². The summed E-state index contributed by atoms with van der Waals surface area (Å²) in [6, 6.07) is 7.72. The Balaban J connectivity index is 1.73. The molecule has 218 valence electrons. The molecule has 8 nitrogen and oxygen atoms in total. The van der Waals surface area contributed by atoms with E-state index in [9.17, 15) is 13.6 Å². The zero-order chi connectivity index (χ0) is 30.5. The summed E-state index contributed by atoms with van der Waals surface area (Å²) in [5.41, 5.74) is 2.37. The molecule has 2 aliphatic rings. The molecule has 5 rings (SSSR count). The lowest BCUT2D eigenvalue weighted by Crippen LogP contribution is -2.59. The number of halogens is 3. The van der Waals surface area contributed by atoms with Crippen molar-refractivity contribution in [2.75, 3.05) is 18.0 Å². The third kappa shape index (κ3) is 5.04. The number of fused-ring (bicyclic) bond motifs is 1. The molecule has 0 saturated carbocycles. The number of anilines is 2. The predicted octanol–water partition coefficient (Wildman–Crippen LogP) is 6.38. The highest BCUT2D eigenvalue weighted by Crippen LogP contribution is 2.43. The molecule has 0 aliphatic carbocycles. The van der Waals surface area contributed by atoms with E-state index in [4.69, 9.17) is 21.6 Å². The molecular weight excluding hydrogens is 560 g/mol. The highest BCUT2D eigenvalue weighted by molar-refractivity contribution is 6.33. The van der Waals surface area contributed by atoms with Crippen molar-refractivity contribution in [1.82, 2.24) is 24.8 Å². The van der Waals surface area contributed by atoms with Crippen molar-refractivity contribution in [1.29, 1.82) is 0 Å². The molecule has 2 atom stereocenters. The van der Waals surface area contributed by atoms with Crippen LogP contribution in [0.25, 0.3) is 11.3 Å². The van der Waals surface area contributed by atoms with Crippen LogP contribution < -0.4 is 4.90 Å². The van der Waals surface area contributed by atoms with Crippen LogP contribution in [-0.2, 0) is 4.79 Å². The summed E-state index contributed by atoms with van der Waals surface area (Å²) in [5.74, 6) is 0.471. The molecule has 2 unspecified atom stereocenters. The van der Waals surface area contributed by atoms with E-state index in [0.29, 0.717) is 53.2 Å². The largest absolute Gasteiger partial charge is 0.349 e. The lowest BCUT2D eigenvalue weighted by atomic mass is 10.0. The van der Waals surface area contributed by atoms with E-state index in [2.05, 4.69) is 28.0 Å². The van der Waals surface area contributed by atoms with Crippen molar-refractivity contribution in [3.63, 3.8) is 0 Å². The molecule has 0 bridgehead atoms. The minimum absolute atomic E-state index is 0.122. The van der Waals surface area contributed by atoms with E-state index in [-0.39, 0.29) is 40.2 Å². The van der Waals surface area contributed by atoms with Gasteiger partial charge in [-0.3, -0.25) is 9.69 Å². The third-order valence-corrected chi connectivity index (χ3v) is 7.86. The number of carbonyl (C=O) groups is 1. The van der Waals surface area contributed by atoms with Gasteiger partial charge in [-0.1, -0.05) is 50.7 Å². The van der Waals surface area contributed by atoms with E-state index >= 15 is 0 Å². The first-order valence-corrected chi connectivity index (χ1v) is 14.1. The summed E-state index contributed by atoms with van der Waals surface area (Å²) < 4.78 is 29.4. The topological polar surface area (TPSA) is 77.8 Å². The van der Waals surface area contributed by atoms with Crippen molar-refractivity contribution in [2.45, 2.75) is 52.6 Å². The molecule has 11 heteroatoms. The minimum atomic E-state index is -0.835. The Morgan fingerprint density at radius 3 is 2.48 bits per heavy atom. The number of benzene rings is 1. The van der Waals surface area contributed by atoms with E-state index < -0.39 is 11.9 Å². The van der Waals surface area contributed by atoms with Gasteiger partial charge in [0, 0.05) is 30.7 Å². The van der Waals surface area contributed by atoms with Crippen molar-refractivity contribution in [3.05, 3.63) is 89.3 Å². The maximum atomic E-state index is 15.0. The number of amidine groups is 1. The van der Waals surface area contributed by atoms with Crippen LogP contribution in [0.2, 0.25) is 5.02 Å². The first-order valence-electron chi connectivity index (χ1n) is 13.7. The molecule has 0 spiro atoms. The number of aliphatic imine (C=N–C) groups is 1. The number of aryl methyl sites for hydroxylation is 1. The Kier molecular flexibility index (Phi) is 7.85. The Hall–Kier alpha value is -4.18. The predicted molar refractivity (Wildman–Crippen MR) is 161 cm³/mol. The van der Waals surface area contributed by atoms with Crippen LogP contribution in [0.5, 0.6) is 0 Å². The maximum Gasteiger partial charge on any atom is 0.309 e. The van der Waals surface area contributed by atoms with Crippen LogP contribution >= 0.6 is 11.6 Å². The zero-order valence-electron chi connectivity index (χ0n) is 24.2. The molecule has 3 aromatic rings. The first kappa shape index (κ1) is 29.3. The fourth-order valence-electron chi connectivity index (χ4n) is 5.54. The average molecular weight is 592 g/mol. The van der Waals surface area contributed by atoms with Crippen molar-refractivity contribution < 1.29 is 13.6 Å². The fourth-order valence-corrected chi connectivity index (χ4v) is 5.80. The zero-order valence-corrected chi connectivity index (χ0v) is 25.0. The van der Waals surface area contributed by atoms with Gasteiger partial charge >= 0.3 is 6.08 Å². The van der Waals surface area contributed by atoms with Gasteiger partial charge in [-0.05, 0) is 51.0 Å². The van der Waals surface area contributed by atoms with Gasteiger partial charge < -0.3 is 9.80 Å². The smallest absolute Gasteiger partial charge is 0.309 e. The van der Waals surface area contributed by atoms with Gasteiger partial charge in [0.1, 0.15) is 17.5 Å². The summed E-state index contributed by atoms with van der Waals surface area (Å²) >= 11 is 6.80. The highest BCUT2D eigenvalue weighted by Gasteiger charge is 2.38. The standard InChI is InChI=1S/C31H32ClF2N7O/c1-8-25(42)39-14-18(5)40(15-17(39)4)29-22-13-23(32)27(21-11-9-10-12-24(21)33)37-30(22)41(20(7)36-29)28-19(6)35-31(34)38-26(28)16(2)3/h8-13,16-18H,1,7,14-15H2,2-6H3. The summed E-state index contributed by atoms with van der Waals surface area (Å²) in [5, 5.41) is 0.233. The molecule has 1 amide bonds. The maximum absolute atomic E-state index is 15.0. The van der Waals surface area contributed by atoms with E-state index in [1.165, 1.54) is 12.1 Å². The monoisotopic (exact) mass is 591 g/mol. The van der Waals surface area contributed by atoms with E-state index in [0.717, 1.165) is 0 Å². The van der Waals surface area contributed by atoms with Crippen molar-refractivity contribution in [2.24, 2.45) is 4.99 Å². The summed E-state index contributed by atoms with van der Waals surface area (Å²) in [6.07, 6.45) is 0.483. The van der Waals surface area contributed by atoms with Crippen LogP contribution in [0.3, 0.4) is 0 Å². The molecule has 2 aliphatic heterocycles. The lowest BCUT2D eigenvalue weighted by molar-refractivity contribution is -0.130. The average Bonchev–Trinajstić information content (AvgIpc) is 2.94. The summed E-state index contributed by atoms with van der Waals surface area (Å²) in [7, 11) is 0. The SMILES string of the molecule is C=CC(=O)N1CC(C)N(C2=NC(=C)N(c3c(C)nc(F)nc3C(C)C)c3nc(-c4ccccc4F)c(Cl)cc32)CC1C. The van der Waals surface area contributed by atoms with Crippen molar-refractivity contribution in [3.8, 4) is 11.3 Å². The molecule has 1 aromatic carbocycles. The molecule has 1 saturated heterocycles. The number of pyridine rings is 1. The van der Waals surface area contributed by atoms with Gasteiger partial charge in [-0.15, -0.1) is 0 Å². The van der Waals surface area contributed by atoms with Crippen LogP contribution in [0.15, 0.2) is 60.4 Å². The number of piperazine rings is 1. The van der Waals surface area contributed by atoms with Crippen molar-refractivity contribution >= 4 is 34.8 Å². The van der Waals surface area contributed by atoms with E-state index in [1.54, 1.807) is 41.0 Å². The second-order valence-corrected chi connectivity index (χ2v) is 11.3. The number of rotatable bonds is 4. The van der Waals surface area contributed by atoms with Gasteiger partial charge in [-0.25, -0.2) is 24.3 Å². The molecule has 1 fully saturated rings. The molecular formula is C31H32ClF2N7O. The number of nitrogens with zero attached hydrogens (tertiary/aromatic N) is 7. The normalized spacial score (nSPS) is 18.7. The Bertz CT molecular complexity index is 1640. The number of hydrogen-bond acceptors (Lipinski definition) is 7. The molecule has 42 heavy (non-hydrogen) atoms. The van der Waals surface area contributed by atoms with Crippen LogP contribution in [-0.4, -0.2) is 61.7 Å². The molecule has 0 N–H and O–H groups in total. The molecule has 4 heterocycles. The summed E-state index contributed by atoms with van der Waals surface area (Å²) in [6.45, 7) is 18.3. The number of aromatic nitrogens is 3. The minimum Gasteiger partial charge on any atom is -0.349 e. The third-order valence-electron chi connectivity index (χ3n) is 7.57. The second kappa shape index (κ2) is 11.2. The Morgan fingerprint density at radius 1 is 1.10 bits per heavy atom. The number of amides is 1. The highest BCUT2D eigenvalue weighted by atomic mass is 35.5. The van der Waals surface area contributed by atoms with Gasteiger partial charge in [0.05, 0.1) is 33.4 Å². The van der Waals surface area contributed by atoms with E-state index in [1.807, 2.05) is 27.7 Å². The van der Waals surface area contributed by atoms with Crippen LogP contribution in [0, 0.1) is 18.8 Å². The summed E-state index contributed by atoms with van der Waals surface area (Å²) in [4.78, 5) is 36.0. The number of hydrogen-bond donors (Lipinski definition) is 0. The Morgan fingerprint density at radius 2 is 1.81 bits per heavy atom. The second-order valence-electron chi connectivity index (χ2n) is 10.9. The van der Waals surface area contributed by atoms with Gasteiger partial charge in [0.15, 0.2) is 5.82 Å². The Labute approximate surface area is 249 Å². The molecule has 2 aromatic heterocycles. The quantitative estimate of drug-likeness (QED) is 0.259. The lowest BCUT2D eigenvalue weighted by Gasteiger charge is -2.46. The van der Waals surface area contributed by atoms with Gasteiger partial charge in [0.25, 0.3) is 0 Å². The first-order chi connectivity index (χ1) is 19.9. The van der Waals surface area contributed by atoms with Gasteiger partial charge in [0.2, 0.25) is 5.91 Å². The van der Waals surface area contributed by atoms with Crippen LogP contribution in [0.1, 0.15) is 50.6 Å². The molecule has 0 radical (unpaired) electrons.